The monoisotopic (exact) mass is 418 g/mol. The Balaban J connectivity index is 1.23. The van der Waals surface area contributed by atoms with Crippen molar-refractivity contribution < 1.29 is 9.53 Å². The van der Waals surface area contributed by atoms with Gasteiger partial charge >= 0.3 is 0 Å². The van der Waals surface area contributed by atoms with Crippen molar-refractivity contribution in [2.24, 2.45) is 5.92 Å². The number of pyridine rings is 1. The highest BCUT2D eigenvalue weighted by Crippen LogP contribution is 2.23. The number of hydrogen-bond donors (Lipinski definition) is 1. The first-order chi connectivity index (χ1) is 15.2. The van der Waals surface area contributed by atoms with E-state index >= 15 is 0 Å². The molecule has 31 heavy (non-hydrogen) atoms. The molecule has 6 nitrogen and oxygen atoms in total. The molecule has 2 aromatic heterocycles. The van der Waals surface area contributed by atoms with Crippen LogP contribution in [-0.2, 0) is 11.3 Å². The molecule has 1 saturated heterocycles. The number of nitrogens with zero attached hydrogens (tertiary/aromatic N) is 3. The van der Waals surface area contributed by atoms with Gasteiger partial charge in [0.05, 0.1) is 18.5 Å². The molecule has 1 aliphatic rings. The highest BCUT2D eigenvalue weighted by atomic mass is 16.5. The first-order valence-electron chi connectivity index (χ1n) is 11.1. The van der Waals surface area contributed by atoms with Crippen molar-refractivity contribution in [3.63, 3.8) is 0 Å². The molecule has 162 valence electrons. The maximum Gasteiger partial charge on any atom is 0.223 e. The van der Waals surface area contributed by atoms with Gasteiger partial charge in [-0.25, -0.2) is 4.98 Å². The molecular weight excluding hydrogens is 388 g/mol. The van der Waals surface area contributed by atoms with Gasteiger partial charge < -0.3 is 19.5 Å². The first kappa shape index (κ1) is 21.0. The van der Waals surface area contributed by atoms with Gasteiger partial charge in [-0.3, -0.25) is 4.79 Å². The van der Waals surface area contributed by atoms with E-state index in [1.165, 1.54) is 0 Å². The van der Waals surface area contributed by atoms with Crippen LogP contribution in [0.15, 0.2) is 67.1 Å². The van der Waals surface area contributed by atoms with Crippen LogP contribution in [-0.4, -0.2) is 35.2 Å². The summed E-state index contributed by atoms with van der Waals surface area (Å²) in [5.41, 5.74) is 2.13. The number of carbonyl (C=O) groups is 1. The number of anilines is 1. The smallest absolute Gasteiger partial charge is 0.223 e. The van der Waals surface area contributed by atoms with Crippen molar-refractivity contribution in [3.8, 4) is 11.4 Å². The molecule has 3 aromatic rings. The minimum Gasteiger partial charge on any atom is -0.494 e. The molecule has 0 radical (unpaired) electrons. The number of benzene rings is 1. The van der Waals surface area contributed by atoms with E-state index < -0.39 is 0 Å². The molecule has 3 heterocycles. The van der Waals surface area contributed by atoms with Crippen LogP contribution in [0.3, 0.4) is 0 Å². The summed E-state index contributed by atoms with van der Waals surface area (Å²) in [6.07, 6.45) is 8.59. The minimum absolute atomic E-state index is 0.0579. The predicted molar refractivity (Wildman–Crippen MR) is 123 cm³/mol. The quantitative estimate of drug-likeness (QED) is 0.596. The number of aromatic nitrogens is 2. The summed E-state index contributed by atoms with van der Waals surface area (Å²) in [5, 5.41) is 3.09. The first-order valence-corrected chi connectivity index (χ1v) is 11.1. The van der Waals surface area contributed by atoms with E-state index in [-0.39, 0.29) is 11.8 Å². The summed E-state index contributed by atoms with van der Waals surface area (Å²) in [7, 11) is 0. The summed E-state index contributed by atoms with van der Waals surface area (Å²) in [5.74, 6) is 2.05. The lowest BCUT2D eigenvalue weighted by atomic mass is 9.96. The second-order valence-electron chi connectivity index (χ2n) is 7.94. The van der Waals surface area contributed by atoms with Crippen LogP contribution in [0.4, 0.5) is 5.82 Å². The van der Waals surface area contributed by atoms with Gasteiger partial charge in [-0.05, 0) is 61.2 Å². The number of carbonyl (C=O) groups excluding carboxylic acids is 1. The number of amides is 1. The summed E-state index contributed by atoms with van der Waals surface area (Å²) in [4.78, 5) is 19.5. The predicted octanol–water partition coefficient (Wildman–Crippen LogP) is 4.19. The Bertz CT molecular complexity index is 944. The van der Waals surface area contributed by atoms with E-state index in [9.17, 15) is 4.79 Å². The van der Waals surface area contributed by atoms with Gasteiger partial charge in [0.25, 0.3) is 0 Å². The van der Waals surface area contributed by atoms with Crippen LogP contribution in [0.1, 0.15) is 31.7 Å². The lowest BCUT2D eigenvalue weighted by molar-refractivity contribution is -0.125. The number of nitrogens with one attached hydrogen (secondary N) is 1. The Kier molecular flexibility index (Phi) is 6.87. The van der Waals surface area contributed by atoms with E-state index in [2.05, 4.69) is 34.3 Å². The summed E-state index contributed by atoms with van der Waals surface area (Å²) in [6.45, 7) is 5.05. The number of ether oxygens (including phenoxy) is 1. The molecule has 1 amide bonds. The Morgan fingerprint density at radius 1 is 1.10 bits per heavy atom. The molecule has 0 saturated carbocycles. The van der Waals surface area contributed by atoms with Crippen LogP contribution in [0.2, 0.25) is 0 Å². The standard InChI is InChI=1S/C25H30N4O2/c1-2-17-31-23-8-5-20(6-9-23)18-27-25(30)21-11-15-29(16-12-21)24-10-7-22(19-26-24)28-13-3-4-14-28/h3-10,13-14,19,21H,2,11-12,15-18H2,1H3,(H,27,30). The van der Waals surface area contributed by atoms with Crippen LogP contribution < -0.4 is 15.0 Å². The topological polar surface area (TPSA) is 59.4 Å². The molecule has 1 N–H and O–H groups in total. The largest absolute Gasteiger partial charge is 0.494 e. The molecule has 0 unspecified atom stereocenters. The van der Waals surface area contributed by atoms with Gasteiger partial charge in [0.2, 0.25) is 5.91 Å². The van der Waals surface area contributed by atoms with Crippen molar-refractivity contribution in [1.82, 2.24) is 14.9 Å². The molecule has 4 rings (SSSR count). The normalized spacial score (nSPS) is 14.4. The average molecular weight is 419 g/mol. The fourth-order valence-corrected chi connectivity index (χ4v) is 3.85. The summed E-state index contributed by atoms with van der Waals surface area (Å²) < 4.78 is 7.65. The maximum absolute atomic E-state index is 12.6. The Labute approximate surface area is 183 Å². The fourth-order valence-electron chi connectivity index (χ4n) is 3.85. The third kappa shape index (κ3) is 5.45. The third-order valence-corrected chi connectivity index (χ3v) is 5.69. The van der Waals surface area contributed by atoms with Crippen molar-refractivity contribution in [3.05, 3.63) is 72.7 Å². The zero-order valence-corrected chi connectivity index (χ0v) is 18.0. The molecule has 0 bridgehead atoms. The third-order valence-electron chi connectivity index (χ3n) is 5.69. The molecule has 1 fully saturated rings. The van der Waals surface area contributed by atoms with E-state index in [4.69, 9.17) is 4.74 Å². The van der Waals surface area contributed by atoms with Crippen LogP contribution in [0, 0.1) is 5.92 Å². The Morgan fingerprint density at radius 3 is 2.48 bits per heavy atom. The van der Waals surface area contributed by atoms with Crippen molar-refractivity contribution in [1.29, 1.82) is 0 Å². The maximum atomic E-state index is 12.6. The lowest BCUT2D eigenvalue weighted by Gasteiger charge is -2.32. The van der Waals surface area contributed by atoms with Gasteiger partial charge in [0.15, 0.2) is 0 Å². The SMILES string of the molecule is CCCOc1ccc(CNC(=O)C2CCN(c3ccc(-n4cccc4)cn3)CC2)cc1. The van der Waals surface area contributed by atoms with Gasteiger partial charge in [0.1, 0.15) is 11.6 Å². The molecule has 6 heteroatoms. The van der Waals surface area contributed by atoms with Crippen molar-refractivity contribution in [2.45, 2.75) is 32.7 Å². The van der Waals surface area contributed by atoms with Crippen LogP contribution in [0.25, 0.3) is 5.69 Å². The van der Waals surface area contributed by atoms with E-state index in [1.807, 2.05) is 59.6 Å². The molecular formula is C25H30N4O2. The van der Waals surface area contributed by atoms with Crippen molar-refractivity contribution >= 4 is 11.7 Å². The number of rotatable bonds is 8. The Hall–Kier alpha value is -3.28. The molecule has 0 aliphatic carbocycles. The summed E-state index contributed by atoms with van der Waals surface area (Å²) >= 11 is 0. The number of hydrogen-bond acceptors (Lipinski definition) is 4. The van der Waals surface area contributed by atoms with Gasteiger partial charge in [-0.2, -0.15) is 0 Å². The van der Waals surface area contributed by atoms with Gasteiger partial charge in [0, 0.05) is 37.9 Å². The van der Waals surface area contributed by atoms with E-state index in [0.717, 1.165) is 61.8 Å². The van der Waals surface area contributed by atoms with Gasteiger partial charge in [-0.15, -0.1) is 0 Å². The van der Waals surface area contributed by atoms with Gasteiger partial charge in [-0.1, -0.05) is 19.1 Å². The molecule has 0 spiro atoms. The zero-order chi connectivity index (χ0) is 21.5. The fraction of sp³-hybridized carbons (Fsp3) is 0.360. The van der Waals surface area contributed by atoms with Crippen LogP contribution in [0.5, 0.6) is 5.75 Å². The second-order valence-corrected chi connectivity index (χ2v) is 7.94. The zero-order valence-electron chi connectivity index (χ0n) is 18.0. The summed E-state index contributed by atoms with van der Waals surface area (Å²) in [6, 6.07) is 16.1. The lowest BCUT2D eigenvalue weighted by Crippen LogP contribution is -2.40. The minimum atomic E-state index is 0.0579. The second kappa shape index (κ2) is 10.2. The Morgan fingerprint density at radius 2 is 1.84 bits per heavy atom. The van der Waals surface area contributed by atoms with E-state index in [0.29, 0.717) is 6.54 Å². The van der Waals surface area contributed by atoms with Crippen LogP contribution >= 0.6 is 0 Å². The highest BCUT2D eigenvalue weighted by Gasteiger charge is 2.25. The highest BCUT2D eigenvalue weighted by molar-refractivity contribution is 5.79. The van der Waals surface area contributed by atoms with E-state index in [1.54, 1.807) is 0 Å². The number of piperidine rings is 1. The molecule has 1 aliphatic heterocycles. The average Bonchev–Trinajstić information content (AvgIpc) is 3.37. The molecule has 0 atom stereocenters. The molecule has 1 aromatic carbocycles. The van der Waals surface area contributed by atoms with Crippen molar-refractivity contribution in [2.75, 3.05) is 24.6 Å².